The Kier molecular flexibility index (Phi) is 5.50. The van der Waals surface area contributed by atoms with E-state index in [9.17, 15) is 19.0 Å². The number of nitrogens with zero attached hydrogens (tertiary/aromatic N) is 1. The lowest BCUT2D eigenvalue weighted by Crippen LogP contribution is -2.48. The van der Waals surface area contributed by atoms with Crippen LogP contribution in [0.2, 0.25) is 11.8 Å². The maximum atomic E-state index is 14.1. The van der Waals surface area contributed by atoms with E-state index in [2.05, 4.69) is 0 Å². The van der Waals surface area contributed by atoms with Gasteiger partial charge in [-0.1, -0.05) is 35.9 Å². The van der Waals surface area contributed by atoms with Gasteiger partial charge in [0.2, 0.25) is 11.8 Å². The molecular weight excluding hydrogens is 381 g/mol. The van der Waals surface area contributed by atoms with E-state index in [0.717, 1.165) is 5.56 Å². The van der Waals surface area contributed by atoms with Crippen molar-refractivity contribution in [3.63, 3.8) is 0 Å². The van der Waals surface area contributed by atoms with Crippen molar-refractivity contribution in [2.45, 2.75) is 32.6 Å². The standard InChI is InChI=1S/C20H21BClFN2O3/c1-20(18(24)26)11-15(25(19(20)27)21(2)28)9-12-3-5-13(6-4-12)16-10-14(22)7-8-17(16)23/h3-8,10,15,28H,9,11H2,1-2H3,(H2,24,26)/t15-,20+/m1/s1. The zero-order valence-electron chi connectivity index (χ0n) is 15.7. The van der Waals surface area contributed by atoms with Crippen LogP contribution in [-0.4, -0.2) is 34.7 Å². The zero-order chi connectivity index (χ0) is 20.6. The van der Waals surface area contributed by atoms with Crippen molar-refractivity contribution in [3.05, 3.63) is 58.9 Å². The molecule has 1 fully saturated rings. The van der Waals surface area contributed by atoms with E-state index in [0.29, 0.717) is 22.6 Å². The molecule has 0 aliphatic carbocycles. The van der Waals surface area contributed by atoms with Crippen LogP contribution in [0.25, 0.3) is 11.1 Å². The summed E-state index contributed by atoms with van der Waals surface area (Å²) in [7, 11) is -1.03. The molecule has 2 atom stereocenters. The van der Waals surface area contributed by atoms with E-state index in [-0.39, 0.29) is 18.3 Å². The number of halogens is 2. The molecule has 0 unspecified atom stereocenters. The molecule has 3 N–H and O–H groups in total. The number of hydrogen-bond acceptors (Lipinski definition) is 3. The summed E-state index contributed by atoms with van der Waals surface area (Å²) in [5, 5.41) is 10.5. The minimum Gasteiger partial charge on any atom is -0.432 e. The molecular formula is C20H21BClFN2O3. The van der Waals surface area contributed by atoms with Crippen LogP contribution in [0.3, 0.4) is 0 Å². The molecule has 0 aromatic heterocycles. The minimum atomic E-state index is -1.33. The molecule has 1 heterocycles. The second-order valence-electron chi connectivity index (χ2n) is 7.42. The third-order valence-electron chi connectivity index (χ3n) is 5.35. The molecule has 0 saturated carbocycles. The van der Waals surface area contributed by atoms with Gasteiger partial charge in [0.05, 0.1) is 0 Å². The number of carbonyl (C=O) groups excluding carboxylic acids is 2. The zero-order valence-corrected chi connectivity index (χ0v) is 16.4. The van der Waals surface area contributed by atoms with Crippen LogP contribution < -0.4 is 5.73 Å². The largest absolute Gasteiger partial charge is 0.432 e. The van der Waals surface area contributed by atoms with Crippen molar-refractivity contribution in [1.29, 1.82) is 0 Å². The molecule has 0 radical (unpaired) electrons. The topological polar surface area (TPSA) is 83.6 Å². The molecule has 2 aromatic rings. The molecule has 0 bridgehead atoms. The highest BCUT2D eigenvalue weighted by atomic mass is 35.5. The fourth-order valence-corrected chi connectivity index (χ4v) is 3.94. The Morgan fingerprint density at radius 1 is 1.36 bits per heavy atom. The van der Waals surface area contributed by atoms with Gasteiger partial charge in [0.25, 0.3) is 0 Å². The van der Waals surface area contributed by atoms with Crippen molar-refractivity contribution in [2.75, 3.05) is 0 Å². The molecule has 2 amide bonds. The summed E-state index contributed by atoms with van der Waals surface area (Å²) in [5.41, 5.74) is 6.09. The van der Waals surface area contributed by atoms with E-state index in [4.69, 9.17) is 17.3 Å². The van der Waals surface area contributed by atoms with Crippen LogP contribution in [0, 0.1) is 11.2 Å². The maximum Gasteiger partial charge on any atom is 0.412 e. The van der Waals surface area contributed by atoms with Crippen LogP contribution in [0.4, 0.5) is 4.39 Å². The Morgan fingerprint density at radius 3 is 2.57 bits per heavy atom. The summed E-state index contributed by atoms with van der Waals surface area (Å²) < 4.78 is 14.1. The summed E-state index contributed by atoms with van der Waals surface area (Å²) in [6, 6.07) is 11.2. The van der Waals surface area contributed by atoms with Gasteiger partial charge < -0.3 is 15.6 Å². The first-order valence-corrected chi connectivity index (χ1v) is 9.36. The predicted octanol–water partition coefficient (Wildman–Crippen LogP) is 2.89. The van der Waals surface area contributed by atoms with Crippen LogP contribution in [0.1, 0.15) is 18.9 Å². The second-order valence-corrected chi connectivity index (χ2v) is 7.86. The van der Waals surface area contributed by atoms with Crippen molar-refractivity contribution < 1.29 is 19.0 Å². The second kappa shape index (κ2) is 7.56. The van der Waals surface area contributed by atoms with E-state index in [1.54, 1.807) is 18.2 Å². The molecule has 1 aliphatic heterocycles. The third-order valence-corrected chi connectivity index (χ3v) is 5.59. The summed E-state index contributed by atoms with van der Waals surface area (Å²) >= 11 is 5.96. The van der Waals surface area contributed by atoms with Crippen molar-refractivity contribution >= 4 is 30.5 Å². The lowest BCUT2D eigenvalue weighted by atomic mass is 9.83. The molecule has 3 rings (SSSR count). The lowest BCUT2D eigenvalue weighted by Gasteiger charge is -2.26. The summed E-state index contributed by atoms with van der Waals surface area (Å²) in [6.45, 7) is 3.00. The van der Waals surface area contributed by atoms with Crippen LogP contribution in [-0.2, 0) is 16.0 Å². The molecule has 28 heavy (non-hydrogen) atoms. The van der Waals surface area contributed by atoms with Crippen LogP contribution in [0.5, 0.6) is 0 Å². The number of hydrogen-bond donors (Lipinski definition) is 2. The quantitative estimate of drug-likeness (QED) is 0.596. The van der Waals surface area contributed by atoms with Crippen molar-refractivity contribution in [3.8, 4) is 11.1 Å². The first kappa shape index (κ1) is 20.4. The first-order valence-electron chi connectivity index (χ1n) is 8.98. The Bertz CT molecular complexity index is 922. The summed E-state index contributed by atoms with van der Waals surface area (Å²) in [5.74, 6) is -1.52. The fraction of sp³-hybridized carbons (Fsp3) is 0.300. The highest BCUT2D eigenvalue weighted by Gasteiger charge is 2.53. The number of rotatable bonds is 5. The van der Waals surface area contributed by atoms with E-state index in [1.165, 1.54) is 30.7 Å². The third kappa shape index (κ3) is 3.64. The maximum absolute atomic E-state index is 14.1. The smallest absolute Gasteiger partial charge is 0.412 e. The predicted molar refractivity (Wildman–Crippen MR) is 107 cm³/mol. The number of nitrogens with two attached hydrogens (primary N) is 1. The summed E-state index contributed by atoms with van der Waals surface area (Å²) in [6.07, 6.45) is 0.675. The molecule has 8 heteroatoms. The van der Waals surface area contributed by atoms with Gasteiger partial charge in [-0.2, -0.15) is 0 Å². The number of carbonyl (C=O) groups is 2. The molecule has 146 valence electrons. The average Bonchev–Trinajstić information content (AvgIpc) is 2.89. The van der Waals surface area contributed by atoms with Crippen LogP contribution >= 0.6 is 11.6 Å². The SMILES string of the molecule is CB(O)N1C(=O)[C@](C)(C(N)=O)C[C@H]1Cc1ccc(-c2cc(Cl)ccc2F)cc1. The van der Waals surface area contributed by atoms with E-state index in [1.807, 2.05) is 12.1 Å². The molecule has 2 aromatic carbocycles. The minimum absolute atomic E-state index is 0.233. The monoisotopic (exact) mass is 402 g/mol. The molecule has 1 saturated heterocycles. The van der Waals surface area contributed by atoms with Gasteiger partial charge in [-0.3, -0.25) is 9.59 Å². The number of primary amides is 1. The van der Waals surface area contributed by atoms with Gasteiger partial charge in [-0.25, -0.2) is 4.39 Å². The fourth-order valence-electron chi connectivity index (χ4n) is 3.77. The van der Waals surface area contributed by atoms with Gasteiger partial charge in [-0.05, 0) is 55.9 Å². The Morgan fingerprint density at radius 2 is 2.00 bits per heavy atom. The Labute approximate surface area is 168 Å². The number of benzene rings is 2. The number of amides is 2. The average molecular weight is 403 g/mol. The molecule has 0 spiro atoms. The van der Waals surface area contributed by atoms with E-state index < -0.39 is 24.3 Å². The lowest BCUT2D eigenvalue weighted by molar-refractivity contribution is -0.140. The van der Waals surface area contributed by atoms with Gasteiger partial charge in [-0.15, -0.1) is 0 Å². The highest BCUT2D eigenvalue weighted by Crippen LogP contribution is 2.38. The summed E-state index contributed by atoms with van der Waals surface area (Å²) in [4.78, 5) is 25.8. The Hall–Kier alpha value is -2.38. The van der Waals surface area contributed by atoms with Gasteiger partial charge in [0.1, 0.15) is 11.2 Å². The molecule has 5 nitrogen and oxygen atoms in total. The first-order chi connectivity index (χ1) is 13.1. The van der Waals surface area contributed by atoms with Gasteiger partial charge in [0.15, 0.2) is 0 Å². The van der Waals surface area contributed by atoms with E-state index >= 15 is 0 Å². The van der Waals surface area contributed by atoms with Crippen molar-refractivity contribution in [1.82, 2.24) is 4.81 Å². The molecule has 1 aliphatic rings. The van der Waals surface area contributed by atoms with Crippen LogP contribution in [0.15, 0.2) is 42.5 Å². The highest BCUT2D eigenvalue weighted by molar-refractivity contribution is 6.50. The van der Waals surface area contributed by atoms with Gasteiger partial charge in [0, 0.05) is 16.6 Å². The van der Waals surface area contributed by atoms with Gasteiger partial charge >= 0.3 is 7.05 Å². The van der Waals surface area contributed by atoms with Crippen molar-refractivity contribution in [2.24, 2.45) is 11.1 Å². The Balaban J connectivity index is 1.84. The normalized spacial score (nSPS) is 21.8.